The first-order valence-electron chi connectivity index (χ1n) is 6.36. The molecule has 0 amide bonds. The molecule has 2 aliphatic carbocycles. The highest BCUT2D eigenvalue weighted by Crippen LogP contribution is 2.58. The summed E-state index contributed by atoms with van der Waals surface area (Å²) in [4.78, 5) is 0. The van der Waals surface area contributed by atoms with Crippen molar-refractivity contribution in [3.63, 3.8) is 0 Å². The highest BCUT2D eigenvalue weighted by Gasteiger charge is 2.54. The van der Waals surface area contributed by atoms with Gasteiger partial charge in [-0.25, -0.2) is 4.39 Å². The lowest BCUT2D eigenvalue weighted by Gasteiger charge is -2.14. The second-order valence-electron chi connectivity index (χ2n) is 5.44. The topological polar surface area (TPSA) is 26.0 Å². The first-order chi connectivity index (χ1) is 8.16. The maximum atomic E-state index is 13.0. The Morgan fingerprint density at radius 2 is 2.06 bits per heavy atom. The van der Waals surface area contributed by atoms with E-state index in [2.05, 4.69) is 15.9 Å². The molecule has 0 bridgehead atoms. The number of hydrogen-bond acceptors (Lipinski definition) is 1. The van der Waals surface area contributed by atoms with E-state index in [9.17, 15) is 4.39 Å². The van der Waals surface area contributed by atoms with Crippen LogP contribution in [0.4, 0.5) is 4.39 Å². The largest absolute Gasteiger partial charge is 0.327 e. The maximum Gasteiger partial charge on any atom is 0.124 e. The van der Waals surface area contributed by atoms with Gasteiger partial charge in [0.05, 0.1) is 0 Å². The minimum absolute atomic E-state index is 0.197. The molecule has 0 heterocycles. The molecule has 2 saturated carbocycles. The van der Waals surface area contributed by atoms with E-state index < -0.39 is 0 Å². The summed E-state index contributed by atoms with van der Waals surface area (Å²) in [5, 5.41) is 0. The quantitative estimate of drug-likeness (QED) is 0.908. The lowest BCUT2D eigenvalue weighted by atomic mass is 9.98. The van der Waals surface area contributed by atoms with Gasteiger partial charge in [0.2, 0.25) is 0 Å². The molecule has 0 spiro atoms. The summed E-state index contributed by atoms with van der Waals surface area (Å²) in [6, 6.07) is 5.13. The number of hydrogen-bond donors (Lipinski definition) is 1. The van der Waals surface area contributed by atoms with Crippen LogP contribution < -0.4 is 5.73 Å². The third-order valence-corrected chi connectivity index (χ3v) is 5.18. The van der Waals surface area contributed by atoms with Crippen LogP contribution in [0.2, 0.25) is 0 Å². The molecule has 3 atom stereocenters. The lowest BCUT2D eigenvalue weighted by Crippen LogP contribution is -2.27. The monoisotopic (exact) mass is 297 g/mol. The average molecular weight is 298 g/mol. The number of nitrogens with two attached hydrogens (primary N) is 1. The fraction of sp³-hybridized carbons (Fsp3) is 0.571. The standard InChI is InChI=1S/C14H17BrFN/c15-12-7-9(16)5-4-8(12)6-13(17)14-10-2-1-3-11(10)14/h4-5,7,10-11,13-14H,1-3,6,17H2. The van der Waals surface area contributed by atoms with Crippen LogP contribution in [0.25, 0.3) is 0 Å². The fourth-order valence-corrected chi connectivity index (χ4v) is 4.10. The van der Waals surface area contributed by atoms with E-state index in [1.54, 1.807) is 0 Å². The second-order valence-corrected chi connectivity index (χ2v) is 6.29. The molecule has 3 rings (SSSR count). The van der Waals surface area contributed by atoms with Crippen molar-refractivity contribution < 1.29 is 4.39 Å². The third kappa shape index (κ3) is 2.15. The van der Waals surface area contributed by atoms with Crippen molar-refractivity contribution in [1.29, 1.82) is 0 Å². The summed E-state index contributed by atoms with van der Waals surface area (Å²) in [5.74, 6) is 2.31. The predicted octanol–water partition coefficient (Wildman–Crippen LogP) is 3.50. The molecule has 92 valence electrons. The van der Waals surface area contributed by atoms with Crippen LogP contribution in [0.15, 0.2) is 22.7 Å². The van der Waals surface area contributed by atoms with Crippen LogP contribution in [-0.4, -0.2) is 6.04 Å². The molecule has 2 N–H and O–H groups in total. The van der Waals surface area contributed by atoms with Crippen molar-refractivity contribution in [2.75, 3.05) is 0 Å². The minimum atomic E-state index is -0.197. The normalized spacial score (nSPS) is 32.3. The van der Waals surface area contributed by atoms with Crippen molar-refractivity contribution in [3.05, 3.63) is 34.1 Å². The molecule has 2 fully saturated rings. The van der Waals surface area contributed by atoms with E-state index >= 15 is 0 Å². The van der Waals surface area contributed by atoms with Gasteiger partial charge in [0.25, 0.3) is 0 Å². The molecular formula is C14H17BrFN. The number of halogens is 2. The average Bonchev–Trinajstić information content (AvgIpc) is 2.77. The Hall–Kier alpha value is -0.410. The molecule has 1 aromatic rings. The van der Waals surface area contributed by atoms with Gasteiger partial charge in [-0.1, -0.05) is 28.4 Å². The molecule has 2 aliphatic rings. The van der Waals surface area contributed by atoms with Crippen LogP contribution in [-0.2, 0) is 6.42 Å². The Labute approximate surface area is 110 Å². The van der Waals surface area contributed by atoms with Gasteiger partial charge >= 0.3 is 0 Å². The first kappa shape index (κ1) is 11.7. The van der Waals surface area contributed by atoms with E-state index in [4.69, 9.17) is 5.73 Å². The molecular weight excluding hydrogens is 281 g/mol. The van der Waals surface area contributed by atoms with Crippen molar-refractivity contribution in [1.82, 2.24) is 0 Å². The van der Waals surface area contributed by atoms with E-state index in [0.29, 0.717) is 0 Å². The highest BCUT2D eigenvalue weighted by molar-refractivity contribution is 9.10. The summed E-state index contributed by atoms with van der Waals surface area (Å²) < 4.78 is 13.8. The lowest BCUT2D eigenvalue weighted by molar-refractivity contribution is 0.483. The van der Waals surface area contributed by atoms with Crippen molar-refractivity contribution >= 4 is 15.9 Å². The Morgan fingerprint density at radius 1 is 1.35 bits per heavy atom. The summed E-state index contributed by atoms with van der Waals surface area (Å²) in [5.41, 5.74) is 7.42. The number of rotatable bonds is 3. The predicted molar refractivity (Wildman–Crippen MR) is 70.1 cm³/mol. The Morgan fingerprint density at radius 3 is 2.71 bits per heavy atom. The fourth-order valence-electron chi connectivity index (χ4n) is 3.59. The maximum absolute atomic E-state index is 13.0. The third-order valence-electron chi connectivity index (χ3n) is 4.44. The summed E-state index contributed by atoms with van der Waals surface area (Å²) in [7, 11) is 0. The second kappa shape index (κ2) is 4.36. The van der Waals surface area contributed by atoms with Crippen molar-refractivity contribution in [2.45, 2.75) is 31.7 Å². The van der Waals surface area contributed by atoms with E-state index in [1.807, 2.05) is 6.07 Å². The highest BCUT2D eigenvalue weighted by atomic mass is 79.9. The molecule has 17 heavy (non-hydrogen) atoms. The molecule has 0 aromatic heterocycles. The summed E-state index contributed by atoms with van der Waals surface area (Å²) in [6.07, 6.45) is 4.98. The van der Waals surface area contributed by atoms with Crippen molar-refractivity contribution in [2.24, 2.45) is 23.5 Å². The van der Waals surface area contributed by atoms with E-state index in [1.165, 1.54) is 31.4 Å². The smallest absolute Gasteiger partial charge is 0.124 e. The molecule has 1 aromatic carbocycles. The van der Waals surface area contributed by atoms with Crippen LogP contribution >= 0.6 is 15.9 Å². The van der Waals surface area contributed by atoms with Crippen LogP contribution in [0, 0.1) is 23.6 Å². The number of benzene rings is 1. The van der Waals surface area contributed by atoms with Crippen LogP contribution in [0.3, 0.4) is 0 Å². The van der Waals surface area contributed by atoms with Gasteiger partial charge in [0, 0.05) is 10.5 Å². The molecule has 0 saturated heterocycles. The SMILES string of the molecule is NC(Cc1ccc(F)cc1Br)C1C2CCCC21. The Balaban J connectivity index is 1.66. The van der Waals surface area contributed by atoms with Crippen LogP contribution in [0.1, 0.15) is 24.8 Å². The van der Waals surface area contributed by atoms with Gasteiger partial charge in [-0.15, -0.1) is 0 Å². The van der Waals surface area contributed by atoms with E-state index in [0.717, 1.165) is 34.2 Å². The summed E-state index contributed by atoms with van der Waals surface area (Å²) in [6.45, 7) is 0. The molecule has 0 radical (unpaired) electrons. The van der Waals surface area contributed by atoms with E-state index in [-0.39, 0.29) is 11.9 Å². The Bertz CT molecular complexity index is 424. The number of fused-ring (bicyclic) bond motifs is 1. The molecule has 3 heteroatoms. The van der Waals surface area contributed by atoms with Gasteiger partial charge < -0.3 is 5.73 Å². The summed E-state index contributed by atoms with van der Waals surface area (Å²) >= 11 is 3.41. The van der Waals surface area contributed by atoms with Crippen LogP contribution in [0.5, 0.6) is 0 Å². The zero-order chi connectivity index (χ0) is 12.0. The molecule has 1 nitrogen and oxygen atoms in total. The van der Waals surface area contributed by atoms with Gasteiger partial charge in [-0.05, 0) is 54.7 Å². The van der Waals surface area contributed by atoms with Gasteiger partial charge in [-0.3, -0.25) is 0 Å². The first-order valence-corrected chi connectivity index (χ1v) is 7.15. The zero-order valence-corrected chi connectivity index (χ0v) is 11.3. The van der Waals surface area contributed by atoms with Gasteiger partial charge in [-0.2, -0.15) is 0 Å². The van der Waals surface area contributed by atoms with Gasteiger partial charge in [0.1, 0.15) is 5.82 Å². The molecule has 0 aliphatic heterocycles. The zero-order valence-electron chi connectivity index (χ0n) is 9.70. The Kier molecular flexibility index (Phi) is 2.99. The molecule has 3 unspecified atom stereocenters. The van der Waals surface area contributed by atoms with Gasteiger partial charge in [0.15, 0.2) is 0 Å². The van der Waals surface area contributed by atoms with Crippen molar-refractivity contribution in [3.8, 4) is 0 Å². The minimum Gasteiger partial charge on any atom is -0.327 e.